The minimum Gasteiger partial charge on any atom is -0.497 e. The van der Waals surface area contributed by atoms with Crippen LogP contribution in [0.25, 0.3) is 0 Å². The summed E-state index contributed by atoms with van der Waals surface area (Å²) in [6, 6.07) is 14.7. The van der Waals surface area contributed by atoms with Gasteiger partial charge in [-0.1, -0.05) is 12.1 Å². The Morgan fingerprint density at radius 1 is 1.10 bits per heavy atom. The molecule has 0 atom stereocenters. The van der Waals surface area contributed by atoms with Crippen molar-refractivity contribution in [3.8, 4) is 5.75 Å². The maximum atomic E-state index is 12.1. The van der Waals surface area contributed by atoms with Crippen LogP contribution >= 0.6 is 0 Å². The van der Waals surface area contributed by atoms with Gasteiger partial charge in [-0.2, -0.15) is 0 Å². The van der Waals surface area contributed by atoms with Crippen LogP contribution in [0.3, 0.4) is 0 Å². The number of amides is 1. The molecule has 2 rings (SSSR count). The molecule has 20 heavy (non-hydrogen) atoms. The maximum Gasteiger partial charge on any atom is 0.255 e. The van der Waals surface area contributed by atoms with E-state index in [2.05, 4.69) is 5.32 Å². The third kappa shape index (κ3) is 3.59. The molecule has 0 aliphatic rings. The summed E-state index contributed by atoms with van der Waals surface area (Å²) >= 11 is 0. The van der Waals surface area contributed by atoms with Crippen molar-refractivity contribution in [3.63, 3.8) is 0 Å². The lowest BCUT2D eigenvalue weighted by molar-refractivity contribution is 0.102. The molecule has 0 fully saturated rings. The lowest BCUT2D eigenvalue weighted by Crippen LogP contribution is -2.11. The van der Waals surface area contributed by atoms with E-state index >= 15 is 0 Å². The van der Waals surface area contributed by atoms with Gasteiger partial charge in [-0.25, -0.2) is 0 Å². The molecule has 4 nitrogen and oxygen atoms in total. The van der Waals surface area contributed by atoms with Gasteiger partial charge in [-0.15, -0.1) is 0 Å². The third-order valence-electron chi connectivity index (χ3n) is 3.00. The average molecular weight is 270 g/mol. The molecule has 1 amide bonds. The van der Waals surface area contributed by atoms with Crippen molar-refractivity contribution >= 4 is 11.6 Å². The fourth-order valence-corrected chi connectivity index (χ4v) is 1.87. The Kier molecular flexibility index (Phi) is 4.74. The molecule has 0 saturated heterocycles. The second-order valence-corrected chi connectivity index (χ2v) is 4.42. The average Bonchev–Trinajstić information content (AvgIpc) is 2.49. The van der Waals surface area contributed by atoms with Crippen molar-refractivity contribution in [2.24, 2.45) is 5.73 Å². The molecular formula is C16H18N2O2. The van der Waals surface area contributed by atoms with Crippen molar-refractivity contribution in [1.29, 1.82) is 0 Å². The molecule has 0 aliphatic carbocycles. The van der Waals surface area contributed by atoms with Gasteiger partial charge >= 0.3 is 0 Å². The minimum absolute atomic E-state index is 0.140. The monoisotopic (exact) mass is 270 g/mol. The van der Waals surface area contributed by atoms with Crippen LogP contribution in [0.5, 0.6) is 5.75 Å². The molecule has 0 bridgehead atoms. The number of anilines is 1. The third-order valence-corrected chi connectivity index (χ3v) is 3.00. The van der Waals surface area contributed by atoms with E-state index in [1.165, 1.54) is 0 Å². The predicted octanol–water partition coefficient (Wildman–Crippen LogP) is 2.45. The first kappa shape index (κ1) is 14.1. The van der Waals surface area contributed by atoms with E-state index in [-0.39, 0.29) is 5.91 Å². The van der Waals surface area contributed by atoms with Crippen LogP contribution in [-0.2, 0) is 6.42 Å². The van der Waals surface area contributed by atoms with Crippen LogP contribution in [-0.4, -0.2) is 19.6 Å². The Hall–Kier alpha value is -2.33. The number of hydrogen-bond acceptors (Lipinski definition) is 3. The van der Waals surface area contributed by atoms with E-state index in [0.29, 0.717) is 12.1 Å². The number of rotatable bonds is 5. The lowest BCUT2D eigenvalue weighted by Gasteiger charge is -2.07. The van der Waals surface area contributed by atoms with Crippen LogP contribution < -0.4 is 15.8 Å². The summed E-state index contributed by atoms with van der Waals surface area (Å²) in [5.41, 5.74) is 8.03. The van der Waals surface area contributed by atoms with Gasteiger partial charge in [0.2, 0.25) is 0 Å². The molecule has 0 radical (unpaired) electrons. The zero-order chi connectivity index (χ0) is 14.4. The molecule has 3 N–H and O–H groups in total. The molecular weight excluding hydrogens is 252 g/mol. The lowest BCUT2D eigenvalue weighted by atomic mass is 10.1. The van der Waals surface area contributed by atoms with Crippen LogP contribution in [0.1, 0.15) is 15.9 Å². The number of nitrogens with one attached hydrogen (secondary N) is 1. The first-order valence-electron chi connectivity index (χ1n) is 6.47. The second kappa shape index (κ2) is 6.73. The molecule has 0 unspecified atom stereocenters. The van der Waals surface area contributed by atoms with E-state index in [4.69, 9.17) is 10.5 Å². The van der Waals surface area contributed by atoms with Gasteiger partial charge < -0.3 is 15.8 Å². The zero-order valence-electron chi connectivity index (χ0n) is 11.4. The summed E-state index contributed by atoms with van der Waals surface area (Å²) in [6.07, 6.45) is 0.840. The molecule has 2 aromatic carbocycles. The maximum absolute atomic E-state index is 12.1. The topological polar surface area (TPSA) is 64.3 Å². The van der Waals surface area contributed by atoms with Gasteiger partial charge in [0.05, 0.1) is 7.11 Å². The molecule has 4 heteroatoms. The van der Waals surface area contributed by atoms with Gasteiger partial charge in [0, 0.05) is 11.3 Å². The normalized spacial score (nSPS) is 10.1. The number of hydrogen-bond donors (Lipinski definition) is 2. The first-order valence-corrected chi connectivity index (χ1v) is 6.47. The Balaban J connectivity index is 2.02. The fourth-order valence-electron chi connectivity index (χ4n) is 1.87. The first-order chi connectivity index (χ1) is 9.72. The van der Waals surface area contributed by atoms with Crippen LogP contribution in [0, 0.1) is 0 Å². The smallest absolute Gasteiger partial charge is 0.255 e. The fraction of sp³-hybridized carbons (Fsp3) is 0.188. The molecule has 0 aromatic heterocycles. The van der Waals surface area contributed by atoms with Gasteiger partial charge in [0.1, 0.15) is 5.75 Å². The van der Waals surface area contributed by atoms with E-state index in [1.807, 2.05) is 24.3 Å². The van der Waals surface area contributed by atoms with Crippen molar-refractivity contribution in [3.05, 3.63) is 59.7 Å². The van der Waals surface area contributed by atoms with Gasteiger partial charge in [0.15, 0.2) is 0 Å². The Morgan fingerprint density at radius 3 is 2.30 bits per heavy atom. The van der Waals surface area contributed by atoms with Crippen LogP contribution in [0.2, 0.25) is 0 Å². The number of benzene rings is 2. The van der Waals surface area contributed by atoms with Crippen molar-refractivity contribution in [1.82, 2.24) is 0 Å². The number of carbonyl (C=O) groups is 1. The van der Waals surface area contributed by atoms with E-state index in [0.717, 1.165) is 23.4 Å². The van der Waals surface area contributed by atoms with Gasteiger partial charge in [-0.3, -0.25) is 4.79 Å². The van der Waals surface area contributed by atoms with Crippen molar-refractivity contribution in [2.45, 2.75) is 6.42 Å². The zero-order valence-corrected chi connectivity index (χ0v) is 11.4. The highest BCUT2D eigenvalue weighted by Crippen LogP contribution is 2.14. The largest absolute Gasteiger partial charge is 0.497 e. The standard InChI is InChI=1S/C16H18N2O2/c1-20-15-8-4-13(5-9-15)16(19)18-14-6-2-12(3-7-14)10-11-17/h2-9H,10-11,17H2,1H3,(H,18,19). The van der Waals surface area contributed by atoms with Crippen LogP contribution in [0.4, 0.5) is 5.69 Å². The number of ether oxygens (including phenoxy) is 1. The quantitative estimate of drug-likeness (QED) is 0.877. The summed E-state index contributed by atoms with van der Waals surface area (Å²) in [6.45, 7) is 0.623. The molecule has 2 aromatic rings. The van der Waals surface area contributed by atoms with E-state index < -0.39 is 0 Å². The molecule has 0 saturated carbocycles. The molecule has 104 valence electrons. The van der Waals surface area contributed by atoms with Gasteiger partial charge in [0.25, 0.3) is 5.91 Å². The molecule has 0 spiro atoms. The Labute approximate surface area is 118 Å². The number of carbonyl (C=O) groups excluding carboxylic acids is 1. The Bertz CT molecular complexity index is 562. The van der Waals surface area contributed by atoms with E-state index in [9.17, 15) is 4.79 Å². The van der Waals surface area contributed by atoms with Crippen LogP contribution in [0.15, 0.2) is 48.5 Å². The Morgan fingerprint density at radius 2 is 1.75 bits per heavy atom. The number of nitrogens with two attached hydrogens (primary N) is 1. The van der Waals surface area contributed by atoms with Crippen molar-refractivity contribution in [2.75, 3.05) is 19.0 Å². The minimum atomic E-state index is -0.140. The highest BCUT2D eigenvalue weighted by Gasteiger charge is 2.06. The summed E-state index contributed by atoms with van der Waals surface area (Å²) in [4.78, 5) is 12.1. The van der Waals surface area contributed by atoms with Crippen molar-refractivity contribution < 1.29 is 9.53 Å². The second-order valence-electron chi connectivity index (χ2n) is 4.42. The highest BCUT2D eigenvalue weighted by molar-refractivity contribution is 6.04. The highest BCUT2D eigenvalue weighted by atomic mass is 16.5. The molecule has 0 heterocycles. The van der Waals surface area contributed by atoms with E-state index in [1.54, 1.807) is 31.4 Å². The molecule has 0 aliphatic heterocycles. The summed E-state index contributed by atoms with van der Waals surface area (Å²) < 4.78 is 5.06. The van der Waals surface area contributed by atoms with Gasteiger partial charge in [-0.05, 0) is 54.9 Å². The summed E-state index contributed by atoms with van der Waals surface area (Å²) in [5.74, 6) is 0.590. The predicted molar refractivity (Wildman–Crippen MR) is 80.1 cm³/mol. The summed E-state index contributed by atoms with van der Waals surface area (Å²) in [7, 11) is 1.60. The number of methoxy groups -OCH3 is 1. The summed E-state index contributed by atoms with van der Waals surface area (Å²) in [5, 5.41) is 2.85. The SMILES string of the molecule is COc1ccc(C(=O)Nc2ccc(CCN)cc2)cc1.